The topological polar surface area (TPSA) is 102 Å². The van der Waals surface area contributed by atoms with Gasteiger partial charge in [0.25, 0.3) is 0 Å². The highest BCUT2D eigenvalue weighted by Crippen LogP contribution is 2.41. The Bertz CT molecular complexity index is 1530. The van der Waals surface area contributed by atoms with Crippen LogP contribution in [-0.4, -0.2) is 31.9 Å². The van der Waals surface area contributed by atoms with Gasteiger partial charge in [0.15, 0.2) is 0 Å². The number of rotatable bonds is 8. The van der Waals surface area contributed by atoms with E-state index in [1.54, 1.807) is 49.0 Å². The lowest BCUT2D eigenvalue weighted by atomic mass is 9.69. The number of ether oxygens (including phenoxy) is 1. The first-order valence-electron chi connectivity index (χ1n) is 12.0. The maximum Gasteiger partial charge on any atom is 0.331 e. The molecule has 38 heavy (non-hydrogen) atoms. The van der Waals surface area contributed by atoms with Gasteiger partial charge in [-0.3, -0.25) is 9.48 Å². The fourth-order valence-corrected chi connectivity index (χ4v) is 5.03. The zero-order valence-corrected chi connectivity index (χ0v) is 22.5. The van der Waals surface area contributed by atoms with Crippen molar-refractivity contribution in [1.29, 1.82) is 0 Å². The molecule has 3 aromatic rings. The molecule has 0 bridgehead atoms. The molecule has 0 saturated heterocycles. The van der Waals surface area contributed by atoms with E-state index in [4.69, 9.17) is 16.3 Å². The molecule has 0 amide bonds. The van der Waals surface area contributed by atoms with Crippen LogP contribution in [0.2, 0.25) is 5.15 Å². The summed E-state index contributed by atoms with van der Waals surface area (Å²) in [7, 11) is 1.79. The largest absolute Gasteiger partial charge is 0.489 e. The standard InChI is InChI=1S/C30H29ClN2O5/c1-6-20-8-7-9-24(30(29(36)37)13-12-17(2)22(15-30)28(34)35)23(20)16-38-25-11-10-21(14-18(25)3)26-19(4)27(31)33(5)32-26/h6-14H,1,15-16H2,2-5H3,(H,34,35)(H,36,37). The summed E-state index contributed by atoms with van der Waals surface area (Å²) in [6, 6.07) is 11.0. The van der Waals surface area contributed by atoms with E-state index in [1.165, 1.54) is 0 Å². The third-order valence-corrected chi connectivity index (χ3v) is 7.65. The minimum atomic E-state index is -1.56. The number of halogens is 1. The van der Waals surface area contributed by atoms with Crippen molar-refractivity contribution in [3.8, 4) is 17.0 Å². The fraction of sp³-hybridized carbons (Fsp3) is 0.233. The zero-order chi connectivity index (χ0) is 27.8. The van der Waals surface area contributed by atoms with Crippen LogP contribution in [0.15, 0.2) is 66.3 Å². The van der Waals surface area contributed by atoms with Crippen molar-refractivity contribution in [2.45, 2.75) is 39.2 Å². The Morgan fingerprint density at radius 2 is 1.95 bits per heavy atom. The van der Waals surface area contributed by atoms with Gasteiger partial charge in [-0.2, -0.15) is 5.10 Å². The van der Waals surface area contributed by atoms with Crippen LogP contribution >= 0.6 is 11.6 Å². The first-order chi connectivity index (χ1) is 18.0. The zero-order valence-electron chi connectivity index (χ0n) is 21.7. The average molecular weight is 533 g/mol. The molecule has 1 heterocycles. The highest BCUT2D eigenvalue weighted by molar-refractivity contribution is 6.30. The molecule has 0 spiro atoms. The normalized spacial score (nSPS) is 17.0. The second-order valence-corrected chi connectivity index (χ2v) is 9.85. The molecule has 1 aliphatic carbocycles. The number of carboxylic acid groups (broad SMARTS) is 2. The molecule has 1 unspecified atom stereocenters. The van der Waals surface area contributed by atoms with Crippen molar-refractivity contribution in [3.05, 3.63) is 99.2 Å². The molecule has 0 saturated carbocycles. The monoisotopic (exact) mass is 532 g/mol. The summed E-state index contributed by atoms with van der Waals surface area (Å²) in [5.74, 6) is -1.63. The fourth-order valence-electron chi connectivity index (χ4n) is 4.90. The van der Waals surface area contributed by atoms with Crippen LogP contribution in [0.1, 0.15) is 41.2 Å². The number of carbonyl (C=O) groups is 2. The van der Waals surface area contributed by atoms with E-state index in [0.29, 0.717) is 33.2 Å². The first-order valence-corrected chi connectivity index (χ1v) is 12.4. The maximum atomic E-state index is 12.7. The molecule has 0 radical (unpaired) electrons. The van der Waals surface area contributed by atoms with Crippen molar-refractivity contribution in [1.82, 2.24) is 9.78 Å². The molecule has 1 atom stereocenters. The second-order valence-electron chi connectivity index (χ2n) is 9.49. The van der Waals surface area contributed by atoms with Gasteiger partial charge in [-0.05, 0) is 61.2 Å². The number of hydrogen-bond donors (Lipinski definition) is 2. The van der Waals surface area contributed by atoms with Crippen LogP contribution in [0.3, 0.4) is 0 Å². The highest BCUT2D eigenvalue weighted by atomic mass is 35.5. The highest BCUT2D eigenvalue weighted by Gasteiger charge is 2.44. The maximum absolute atomic E-state index is 12.7. The first kappa shape index (κ1) is 26.9. The van der Waals surface area contributed by atoms with Crippen molar-refractivity contribution >= 4 is 29.6 Å². The van der Waals surface area contributed by atoms with Gasteiger partial charge in [0.05, 0.1) is 5.69 Å². The van der Waals surface area contributed by atoms with E-state index in [2.05, 4.69) is 11.7 Å². The third-order valence-electron chi connectivity index (χ3n) is 7.12. The lowest BCUT2D eigenvalue weighted by Gasteiger charge is -2.32. The number of aryl methyl sites for hydroxylation is 2. The number of aromatic nitrogens is 2. The van der Waals surface area contributed by atoms with Gasteiger partial charge in [-0.1, -0.05) is 54.6 Å². The lowest BCUT2D eigenvalue weighted by Crippen LogP contribution is -2.38. The van der Waals surface area contributed by atoms with Gasteiger partial charge in [0.1, 0.15) is 22.9 Å². The minimum absolute atomic E-state index is 0.0696. The third kappa shape index (κ3) is 4.65. The average Bonchev–Trinajstić information content (AvgIpc) is 3.15. The molecule has 2 aromatic carbocycles. The molecule has 7 nitrogen and oxygen atoms in total. The van der Waals surface area contributed by atoms with Crippen LogP contribution in [0.25, 0.3) is 17.3 Å². The van der Waals surface area contributed by atoms with E-state index in [0.717, 1.165) is 22.4 Å². The molecular weight excluding hydrogens is 504 g/mol. The van der Waals surface area contributed by atoms with Crippen LogP contribution in [0.5, 0.6) is 5.75 Å². The quantitative estimate of drug-likeness (QED) is 0.355. The number of carboxylic acids is 2. The Balaban J connectivity index is 1.71. The Kier molecular flexibility index (Phi) is 7.33. The Labute approximate surface area is 226 Å². The molecular formula is C30H29ClN2O5. The molecule has 0 fully saturated rings. The predicted molar refractivity (Wildman–Crippen MR) is 147 cm³/mol. The van der Waals surface area contributed by atoms with Crippen LogP contribution in [0.4, 0.5) is 0 Å². The summed E-state index contributed by atoms with van der Waals surface area (Å²) in [6.07, 6.45) is 4.62. The van der Waals surface area contributed by atoms with Crippen molar-refractivity contribution in [2.75, 3.05) is 0 Å². The molecule has 4 rings (SSSR count). The summed E-state index contributed by atoms with van der Waals surface area (Å²) < 4.78 is 7.85. The van der Waals surface area contributed by atoms with Crippen LogP contribution in [0, 0.1) is 13.8 Å². The predicted octanol–water partition coefficient (Wildman–Crippen LogP) is 6.26. The minimum Gasteiger partial charge on any atom is -0.489 e. The smallest absolute Gasteiger partial charge is 0.331 e. The van der Waals surface area contributed by atoms with Gasteiger partial charge in [0, 0.05) is 35.7 Å². The Morgan fingerprint density at radius 3 is 2.53 bits per heavy atom. The van der Waals surface area contributed by atoms with Crippen molar-refractivity contribution in [2.24, 2.45) is 7.05 Å². The molecule has 0 aliphatic heterocycles. The van der Waals surface area contributed by atoms with E-state index < -0.39 is 17.4 Å². The van der Waals surface area contributed by atoms with Gasteiger partial charge in [-0.15, -0.1) is 0 Å². The Hall–Kier alpha value is -4.10. The SMILES string of the molecule is C=Cc1cccc(C2(C(=O)O)C=CC(C)=C(C(=O)O)C2)c1COc1ccc(-c2nn(C)c(Cl)c2C)cc1C. The summed E-state index contributed by atoms with van der Waals surface area (Å²) in [5, 5.41) is 25.2. The number of benzene rings is 2. The van der Waals surface area contributed by atoms with Gasteiger partial charge in [0.2, 0.25) is 0 Å². The lowest BCUT2D eigenvalue weighted by molar-refractivity contribution is -0.142. The van der Waals surface area contributed by atoms with Gasteiger partial charge < -0.3 is 14.9 Å². The van der Waals surface area contributed by atoms with Crippen molar-refractivity contribution in [3.63, 3.8) is 0 Å². The number of nitrogens with zero attached hydrogens (tertiary/aromatic N) is 2. The van der Waals surface area contributed by atoms with Crippen molar-refractivity contribution < 1.29 is 24.5 Å². The number of allylic oxidation sites excluding steroid dienone is 2. The Morgan fingerprint density at radius 1 is 1.21 bits per heavy atom. The van der Waals surface area contributed by atoms with E-state index in [-0.39, 0.29) is 18.6 Å². The number of hydrogen-bond acceptors (Lipinski definition) is 4. The molecule has 2 N–H and O–H groups in total. The second kappa shape index (κ2) is 10.3. The summed E-state index contributed by atoms with van der Waals surface area (Å²) in [4.78, 5) is 24.6. The molecule has 196 valence electrons. The van der Waals surface area contributed by atoms with Crippen LogP contribution < -0.4 is 4.74 Å². The molecule has 1 aliphatic rings. The summed E-state index contributed by atoms with van der Waals surface area (Å²) in [6.45, 7) is 9.47. The summed E-state index contributed by atoms with van der Waals surface area (Å²) in [5.41, 5.74) is 4.32. The molecule has 8 heteroatoms. The number of aliphatic carboxylic acids is 2. The molecule has 1 aromatic heterocycles. The van der Waals surface area contributed by atoms with Crippen LogP contribution in [-0.2, 0) is 28.7 Å². The van der Waals surface area contributed by atoms with Gasteiger partial charge >= 0.3 is 11.9 Å². The van der Waals surface area contributed by atoms with E-state index >= 15 is 0 Å². The van der Waals surface area contributed by atoms with Gasteiger partial charge in [-0.25, -0.2) is 4.79 Å². The van der Waals surface area contributed by atoms with E-state index in [1.807, 2.05) is 38.1 Å². The summed E-state index contributed by atoms with van der Waals surface area (Å²) >= 11 is 6.30. The van der Waals surface area contributed by atoms with E-state index in [9.17, 15) is 19.8 Å².